The van der Waals surface area contributed by atoms with Crippen molar-refractivity contribution >= 4 is 37.9 Å². The average molecular weight is 271 g/mol. The van der Waals surface area contributed by atoms with Crippen LogP contribution in [0, 0.1) is 0 Å². The first-order chi connectivity index (χ1) is 1.41. The molecule has 0 aromatic heterocycles. The van der Waals surface area contributed by atoms with Gasteiger partial charge in [0.05, 0.1) is 0 Å². The van der Waals surface area contributed by atoms with Gasteiger partial charge in [-0.2, -0.15) is 0 Å². The second kappa shape index (κ2) is 17.6. The Balaban J connectivity index is -0.0000000200. The van der Waals surface area contributed by atoms with Gasteiger partial charge in [0.2, 0.25) is 0 Å². The summed E-state index contributed by atoms with van der Waals surface area (Å²) in [5, 5.41) is 0. The fourth-order valence-corrected chi connectivity index (χ4v) is 0. The van der Waals surface area contributed by atoms with Gasteiger partial charge >= 0.3 is 8.34 Å². The van der Waals surface area contributed by atoms with Crippen LogP contribution in [0.4, 0.5) is 0 Å². The van der Waals surface area contributed by atoms with E-state index in [1.807, 2.05) is 0 Å². The maximum absolute atomic E-state index is 8.40. The van der Waals surface area contributed by atoms with Crippen LogP contribution in [0.5, 0.6) is 0 Å². The Bertz CT molecular complexity index is 30.6. The zero-order chi connectivity index (χ0) is 2.71. The van der Waals surface area contributed by atoms with E-state index in [9.17, 15) is 0 Å². The average Bonchev–Trinajstić information content (AvgIpc) is 0.918. The van der Waals surface area contributed by atoms with Gasteiger partial charge in [-0.05, 0) is 0 Å². The minimum absolute atomic E-state index is 0. The summed E-state index contributed by atoms with van der Waals surface area (Å²) in [6.07, 6.45) is 0. The zero-order valence-electron chi connectivity index (χ0n) is 2.72. The molecule has 5 heavy (non-hydrogen) atoms. The Morgan fingerprint density at radius 2 is 1.20 bits per heavy atom. The molecule has 0 amide bonds. The summed E-state index contributed by atoms with van der Waals surface area (Å²) in [6, 6.07) is 0. The summed E-state index contributed by atoms with van der Waals surface area (Å²) in [5.41, 5.74) is 0. The van der Waals surface area contributed by atoms with Crippen molar-refractivity contribution in [1.29, 1.82) is 0 Å². The second-order valence-corrected chi connectivity index (χ2v) is 0.250. The van der Waals surface area contributed by atoms with Crippen LogP contribution in [-0.2, 0) is 30.2 Å². The Labute approximate surface area is 67.5 Å². The van der Waals surface area contributed by atoms with E-state index in [0.717, 1.165) is 0 Å². The van der Waals surface area contributed by atoms with E-state index < -0.39 is 8.34 Å². The van der Waals surface area contributed by atoms with Crippen molar-refractivity contribution in [2.75, 3.05) is 0 Å². The quantitative estimate of drug-likeness (QED) is 0.458. The van der Waals surface area contributed by atoms with Crippen LogP contribution in [0.15, 0.2) is 0 Å². The third-order valence-corrected chi connectivity index (χ3v) is 0. The molecule has 0 atom stereocenters. The normalized spacial score (nSPS) is 2.40. The maximum Gasteiger partial charge on any atom is 0.303 e. The molecule has 0 bridgehead atoms. The van der Waals surface area contributed by atoms with E-state index in [1.54, 1.807) is 0 Å². The van der Waals surface area contributed by atoms with Gasteiger partial charge in [-0.25, -0.2) is 9.13 Å². The summed E-state index contributed by atoms with van der Waals surface area (Å²) in [4.78, 5) is 0. The fourth-order valence-electron chi connectivity index (χ4n) is 0. The van der Waals surface area contributed by atoms with Crippen molar-refractivity contribution in [3.63, 3.8) is 0 Å². The number of hydrogen-bond acceptors (Lipinski definition) is 2. The molecular formula is HNaO2PW. The van der Waals surface area contributed by atoms with Crippen LogP contribution in [0.3, 0.4) is 0 Å². The summed E-state index contributed by atoms with van der Waals surface area (Å²) in [5.74, 6) is 0. The molecule has 1 radical (unpaired) electrons. The van der Waals surface area contributed by atoms with Crippen molar-refractivity contribution in [3.05, 3.63) is 0 Å². The third kappa shape index (κ3) is 28.5. The minimum Gasteiger partial charge on any atom is -0.241 e. The Kier molecular flexibility index (Phi) is 56.1. The van der Waals surface area contributed by atoms with Gasteiger partial charge in [0.1, 0.15) is 0 Å². The van der Waals surface area contributed by atoms with Crippen molar-refractivity contribution in [2.24, 2.45) is 0 Å². The largest absolute Gasteiger partial charge is 0.303 e. The monoisotopic (exact) mass is 271 g/mol. The number of rotatable bonds is 0. The first-order valence-corrected chi connectivity index (χ1v) is 1.22. The molecule has 0 unspecified atom stereocenters. The fraction of sp³-hybridized carbons (Fsp3) is 0. The van der Waals surface area contributed by atoms with Crippen LogP contribution in [-0.4, -0.2) is 29.6 Å². The van der Waals surface area contributed by atoms with Crippen LogP contribution >= 0.6 is 8.34 Å². The predicted octanol–water partition coefficient (Wildman–Crippen LogP) is -0.0274. The van der Waals surface area contributed by atoms with Crippen molar-refractivity contribution in [2.45, 2.75) is 0 Å². The van der Waals surface area contributed by atoms with Crippen LogP contribution in [0.25, 0.3) is 0 Å². The molecule has 0 saturated carbocycles. The van der Waals surface area contributed by atoms with Crippen LogP contribution in [0.2, 0.25) is 0 Å². The van der Waals surface area contributed by atoms with E-state index >= 15 is 0 Å². The van der Waals surface area contributed by atoms with E-state index in [0.29, 0.717) is 0 Å². The summed E-state index contributed by atoms with van der Waals surface area (Å²) in [6.45, 7) is 0. The molecule has 0 aliphatic carbocycles. The molecule has 2 nitrogen and oxygen atoms in total. The molecule has 0 aromatic carbocycles. The molecule has 0 aliphatic rings. The summed E-state index contributed by atoms with van der Waals surface area (Å²) < 4.78 is 16.8. The van der Waals surface area contributed by atoms with Gasteiger partial charge < -0.3 is 0 Å². The zero-order valence-corrected chi connectivity index (χ0v) is 8.66. The molecule has 0 saturated heterocycles. The molecule has 25 valence electrons. The van der Waals surface area contributed by atoms with Gasteiger partial charge in [0, 0.05) is 50.6 Å². The van der Waals surface area contributed by atoms with Crippen LogP contribution in [0.1, 0.15) is 0 Å². The van der Waals surface area contributed by atoms with E-state index in [2.05, 4.69) is 0 Å². The Morgan fingerprint density at radius 3 is 1.20 bits per heavy atom. The second-order valence-electron chi connectivity index (χ2n) is 0.0833. The molecule has 0 fully saturated rings. The minimum atomic E-state index is -1.42. The van der Waals surface area contributed by atoms with Crippen LogP contribution < -0.4 is 0 Å². The van der Waals surface area contributed by atoms with Gasteiger partial charge in [-0.15, -0.1) is 0 Å². The predicted molar refractivity (Wildman–Crippen MR) is 15.4 cm³/mol. The van der Waals surface area contributed by atoms with E-state index in [-0.39, 0.29) is 50.6 Å². The summed E-state index contributed by atoms with van der Waals surface area (Å²) in [7, 11) is -1.42. The third-order valence-electron chi connectivity index (χ3n) is 0. The molecule has 5 heteroatoms. The maximum atomic E-state index is 8.40. The smallest absolute Gasteiger partial charge is 0.241 e. The standard InChI is InChI=1S/Na.HO2P.W/c;1-3-2;/h;3H;. The van der Waals surface area contributed by atoms with Crippen molar-refractivity contribution in [1.82, 2.24) is 0 Å². The molecule has 0 aromatic rings. The van der Waals surface area contributed by atoms with Gasteiger partial charge in [-0.1, -0.05) is 0 Å². The van der Waals surface area contributed by atoms with E-state index in [4.69, 9.17) is 9.13 Å². The summed E-state index contributed by atoms with van der Waals surface area (Å²) >= 11 is 0. The van der Waals surface area contributed by atoms with E-state index in [1.165, 1.54) is 0 Å². The topological polar surface area (TPSA) is 34.1 Å². The molecule has 0 aliphatic heterocycles. The SMILES string of the molecule is O=[PH]=O.[Na].[W]. The first kappa shape index (κ1) is 16.0. The molecular weight excluding hydrogens is 270 g/mol. The molecule has 0 heterocycles. The van der Waals surface area contributed by atoms with Gasteiger partial charge in [-0.3, -0.25) is 0 Å². The Hall–Kier alpha value is 1.59. The first-order valence-electron chi connectivity index (χ1n) is 0.408. The van der Waals surface area contributed by atoms with Crippen molar-refractivity contribution in [3.8, 4) is 0 Å². The number of hydrogen-bond donors (Lipinski definition) is 0. The molecule has 0 spiro atoms. The molecule has 0 N–H and O–H groups in total. The van der Waals surface area contributed by atoms with Crippen molar-refractivity contribution < 1.29 is 30.2 Å². The van der Waals surface area contributed by atoms with Gasteiger partial charge in [0.15, 0.2) is 0 Å². The Morgan fingerprint density at radius 1 is 1.20 bits per heavy atom. The molecule has 0 rings (SSSR count). The van der Waals surface area contributed by atoms with Gasteiger partial charge in [0.25, 0.3) is 0 Å².